The van der Waals surface area contributed by atoms with Crippen LogP contribution in [0.15, 0.2) is 26.5 Å². The lowest BCUT2D eigenvalue weighted by molar-refractivity contribution is -0.208. The predicted molar refractivity (Wildman–Crippen MR) is 114 cm³/mol. The van der Waals surface area contributed by atoms with Gasteiger partial charge in [-0.15, -0.1) is 0 Å². The molecule has 1 radical (unpaired) electrons. The molecule has 1 aromatic carbocycles. The fraction of sp³-hybridized carbons (Fsp3) is 0.522. The Balaban J connectivity index is 1.80. The van der Waals surface area contributed by atoms with Crippen molar-refractivity contribution in [2.24, 2.45) is 5.16 Å². The van der Waals surface area contributed by atoms with Crippen molar-refractivity contribution >= 4 is 16.7 Å². The van der Waals surface area contributed by atoms with E-state index >= 15 is 0 Å². The molecule has 1 spiro atoms. The number of hydrogen-bond donors (Lipinski definition) is 2. The van der Waals surface area contributed by atoms with Gasteiger partial charge in [0.2, 0.25) is 0 Å². The first-order valence-corrected chi connectivity index (χ1v) is 10.4. The Morgan fingerprint density at radius 1 is 1.26 bits per heavy atom. The second-order valence-electron chi connectivity index (χ2n) is 8.28. The summed E-state index contributed by atoms with van der Waals surface area (Å²) in [6.07, 6.45) is 3.80. The Morgan fingerprint density at radius 2 is 1.97 bits per heavy atom. The summed E-state index contributed by atoms with van der Waals surface area (Å²) in [6.45, 7) is 3.34. The lowest BCUT2D eigenvalue weighted by Crippen LogP contribution is -2.53. The number of hydrogen-bond acceptors (Lipinski definition) is 8. The monoisotopic (exact) mass is 430 g/mol. The molecule has 2 aliphatic rings. The number of aliphatic hydroxyl groups is 1. The van der Waals surface area contributed by atoms with Crippen LogP contribution in [-0.4, -0.2) is 48.0 Å². The standard InChI is InChI=1S/C23H28NO7/c1-12-14(21-16(25)11-17(28-3)23(31-21)9-5-6-10-23)7-8-15-19(26)18(13(2)24-29-4)22(27)30-20(12)15/h7-8,11,16-17,21,25-26H,5-6,9-10H2,1-4H3. The number of ether oxygens (including phenoxy) is 2. The van der Waals surface area contributed by atoms with Crippen molar-refractivity contribution in [2.45, 2.75) is 63.4 Å². The number of methoxy groups -OCH3 is 1. The quantitative estimate of drug-likeness (QED) is 0.435. The van der Waals surface area contributed by atoms with Crippen LogP contribution in [0, 0.1) is 13.3 Å². The van der Waals surface area contributed by atoms with Gasteiger partial charge < -0.3 is 28.9 Å². The van der Waals surface area contributed by atoms with Crippen molar-refractivity contribution in [3.8, 4) is 5.75 Å². The molecule has 1 aliphatic heterocycles. The van der Waals surface area contributed by atoms with Gasteiger partial charge in [0.05, 0.1) is 28.9 Å². The molecule has 3 unspecified atom stereocenters. The molecule has 2 heterocycles. The number of nitrogens with zero attached hydrogens (tertiary/aromatic N) is 1. The van der Waals surface area contributed by atoms with Gasteiger partial charge in [-0.1, -0.05) is 24.1 Å². The Hall–Kier alpha value is -2.42. The molecule has 1 saturated heterocycles. The summed E-state index contributed by atoms with van der Waals surface area (Å²) in [5.74, 6) is -0.220. The zero-order chi connectivity index (χ0) is 22.3. The van der Waals surface area contributed by atoms with E-state index in [4.69, 9.17) is 18.7 Å². The summed E-state index contributed by atoms with van der Waals surface area (Å²) in [5, 5.41) is 25.7. The topological polar surface area (TPSA) is 111 Å². The minimum atomic E-state index is -0.886. The van der Waals surface area contributed by atoms with Crippen molar-refractivity contribution in [1.82, 2.24) is 0 Å². The van der Waals surface area contributed by atoms with Crippen LogP contribution < -0.4 is 5.63 Å². The maximum Gasteiger partial charge on any atom is 0.349 e. The summed E-state index contributed by atoms with van der Waals surface area (Å²) < 4.78 is 17.7. The van der Waals surface area contributed by atoms with Crippen LogP contribution in [0.2, 0.25) is 0 Å². The fourth-order valence-corrected chi connectivity index (χ4v) is 4.97. The first-order valence-electron chi connectivity index (χ1n) is 10.4. The molecule has 8 nitrogen and oxygen atoms in total. The first-order chi connectivity index (χ1) is 14.8. The number of aromatic hydroxyl groups is 1. The molecular formula is C23H28NO7. The van der Waals surface area contributed by atoms with Crippen LogP contribution in [0.3, 0.4) is 0 Å². The zero-order valence-electron chi connectivity index (χ0n) is 18.2. The van der Waals surface area contributed by atoms with Crippen molar-refractivity contribution in [3.63, 3.8) is 0 Å². The average Bonchev–Trinajstić information content (AvgIpc) is 3.20. The third kappa shape index (κ3) is 3.52. The lowest BCUT2D eigenvalue weighted by atomic mass is 9.83. The first kappa shape index (κ1) is 21.8. The van der Waals surface area contributed by atoms with Gasteiger partial charge in [-0.05, 0) is 43.9 Å². The van der Waals surface area contributed by atoms with Gasteiger partial charge in [0.1, 0.15) is 30.1 Å². The molecule has 3 atom stereocenters. The summed E-state index contributed by atoms with van der Waals surface area (Å²) in [5.41, 5.74) is 0.559. The third-order valence-electron chi connectivity index (χ3n) is 6.50. The van der Waals surface area contributed by atoms with Crippen LogP contribution in [0.4, 0.5) is 0 Å². The number of aryl methyl sites for hydroxylation is 1. The second-order valence-corrected chi connectivity index (χ2v) is 8.28. The highest BCUT2D eigenvalue weighted by Crippen LogP contribution is 2.48. The maximum absolute atomic E-state index is 12.6. The summed E-state index contributed by atoms with van der Waals surface area (Å²) in [4.78, 5) is 17.3. The molecule has 1 saturated carbocycles. The molecular weight excluding hydrogens is 402 g/mol. The molecule has 1 aliphatic carbocycles. The number of rotatable bonds is 4. The lowest BCUT2D eigenvalue weighted by Gasteiger charge is -2.46. The molecule has 2 N–H and O–H groups in total. The van der Waals surface area contributed by atoms with Gasteiger partial charge in [-0.25, -0.2) is 4.79 Å². The van der Waals surface area contributed by atoms with Gasteiger partial charge >= 0.3 is 5.63 Å². The molecule has 0 bridgehead atoms. The van der Waals surface area contributed by atoms with Gasteiger partial charge in [0.25, 0.3) is 0 Å². The maximum atomic E-state index is 12.6. The van der Waals surface area contributed by atoms with Gasteiger partial charge in [0.15, 0.2) is 0 Å². The highest BCUT2D eigenvalue weighted by Gasteiger charge is 2.51. The Bertz CT molecular complexity index is 1070. The van der Waals surface area contributed by atoms with E-state index in [1.54, 1.807) is 39.5 Å². The van der Waals surface area contributed by atoms with Crippen molar-refractivity contribution in [1.29, 1.82) is 0 Å². The normalized spacial score (nSPS) is 26.0. The molecule has 8 heteroatoms. The van der Waals surface area contributed by atoms with Gasteiger partial charge in [-0.3, -0.25) is 0 Å². The SMILES string of the molecule is CON=C(C)c1c(O)c2ccc(C3OC4(CCCC4)C(OC)[CH]C3O)c(C)c2oc1=O. The van der Waals surface area contributed by atoms with Gasteiger partial charge in [-0.2, -0.15) is 0 Å². The Kier molecular flexibility index (Phi) is 5.81. The highest BCUT2D eigenvalue weighted by atomic mass is 16.6. The number of benzene rings is 1. The Morgan fingerprint density at radius 3 is 2.61 bits per heavy atom. The van der Waals surface area contributed by atoms with E-state index in [1.165, 1.54) is 7.11 Å². The van der Waals surface area contributed by atoms with Crippen molar-refractivity contribution in [2.75, 3.05) is 14.2 Å². The van der Waals surface area contributed by atoms with E-state index in [-0.39, 0.29) is 28.7 Å². The zero-order valence-corrected chi connectivity index (χ0v) is 18.2. The molecule has 2 fully saturated rings. The fourth-order valence-electron chi connectivity index (χ4n) is 4.97. The summed E-state index contributed by atoms with van der Waals surface area (Å²) in [7, 11) is 2.99. The minimum Gasteiger partial charge on any atom is -0.506 e. The molecule has 2 aromatic rings. The van der Waals surface area contributed by atoms with E-state index < -0.39 is 23.4 Å². The van der Waals surface area contributed by atoms with Crippen LogP contribution in [-0.2, 0) is 14.3 Å². The van der Waals surface area contributed by atoms with E-state index in [2.05, 4.69) is 5.16 Å². The molecule has 167 valence electrons. The summed E-state index contributed by atoms with van der Waals surface area (Å²) in [6, 6.07) is 3.46. The van der Waals surface area contributed by atoms with Crippen LogP contribution in [0.25, 0.3) is 11.0 Å². The van der Waals surface area contributed by atoms with Crippen molar-refractivity contribution < 1.29 is 28.9 Å². The van der Waals surface area contributed by atoms with E-state index in [1.807, 2.05) is 0 Å². The number of oxime groups is 1. The van der Waals surface area contributed by atoms with Gasteiger partial charge in [0, 0.05) is 13.5 Å². The molecule has 31 heavy (non-hydrogen) atoms. The van der Waals surface area contributed by atoms with E-state index in [0.29, 0.717) is 16.5 Å². The van der Waals surface area contributed by atoms with Crippen LogP contribution in [0.1, 0.15) is 55.4 Å². The molecule has 1 aromatic heterocycles. The van der Waals surface area contributed by atoms with Crippen molar-refractivity contribution in [3.05, 3.63) is 45.7 Å². The van der Waals surface area contributed by atoms with Crippen LogP contribution in [0.5, 0.6) is 5.75 Å². The third-order valence-corrected chi connectivity index (χ3v) is 6.50. The minimum absolute atomic E-state index is 0.0448. The summed E-state index contributed by atoms with van der Waals surface area (Å²) >= 11 is 0. The van der Waals surface area contributed by atoms with E-state index in [9.17, 15) is 15.0 Å². The number of fused-ring (bicyclic) bond motifs is 1. The average molecular weight is 430 g/mol. The molecule has 4 rings (SSSR count). The smallest absolute Gasteiger partial charge is 0.349 e. The Labute approximate surface area is 180 Å². The van der Waals surface area contributed by atoms with E-state index in [0.717, 1.165) is 25.7 Å². The molecule has 0 amide bonds. The number of aliphatic hydroxyl groups excluding tert-OH is 1. The highest BCUT2D eigenvalue weighted by molar-refractivity contribution is 6.04. The predicted octanol–water partition coefficient (Wildman–Crippen LogP) is 3.14. The second kappa shape index (κ2) is 8.26. The largest absolute Gasteiger partial charge is 0.506 e. The van der Waals surface area contributed by atoms with Crippen LogP contribution >= 0.6 is 0 Å².